The molecule has 0 aromatic carbocycles. The summed E-state index contributed by atoms with van der Waals surface area (Å²) in [6.45, 7) is 1.49. The van der Waals surface area contributed by atoms with Crippen molar-refractivity contribution in [1.82, 2.24) is 10.2 Å². The summed E-state index contributed by atoms with van der Waals surface area (Å²) in [6.07, 6.45) is -4.45. The summed E-state index contributed by atoms with van der Waals surface area (Å²) in [5.41, 5.74) is -0.820. The SMILES string of the molecule is CC(C#N)c1cc(C(F)(F)F)n[nH]1. The monoisotopic (exact) mass is 189 g/mol. The molecule has 0 aliphatic rings. The third-order valence-electron chi connectivity index (χ3n) is 1.55. The summed E-state index contributed by atoms with van der Waals surface area (Å²) in [5.74, 6) is -0.608. The minimum absolute atomic E-state index is 0.176. The van der Waals surface area contributed by atoms with Gasteiger partial charge in [-0.05, 0) is 13.0 Å². The molecule has 3 nitrogen and oxygen atoms in total. The molecule has 0 bridgehead atoms. The quantitative estimate of drug-likeness (QED) is 0.735. The topological polar surface area (TPSA) is 52.5 Å². The van der Waals surface area contributed by atoms with Crippen molar-refractivity contribution in [2.75, 3.05) is 0 Å². The maximum absolute atomic E-state index is 12.0. The fraction of sp³-hybridized carbons (Fsp3) is 0.429. The van der Waals surface area contributed by atoms with E-state index in [1.165, 1.54) is 6.92 Å². The Morgan fingerprint density at radius 1 is 1.62 bits per heavy atom. The van der Waals surface area contributed by atoms with Gasteiger partial charge in [0.2, 0.25) is 0 Å². The molecule has 6 heteroatoms. The summed E-state index contributed by atoms with van der Waals surface area (Å²) in [5, 5.41) is 13.6. The Morgan fingerprint density at radius 3 is 2.62 bits per heavy atom. The van der Waals surface area contributed by atoms with E-state index < -0.39 is 17.8 Å². The van der Waals surface area contributed by atoms with Crippen LogP contribution < -0.4 is 0 Å². The van der Waals surface area contributed by atoms with Gasteiger partial charge in [0, 0.05) is 0 Å². The van der Waals surface area contributed by atoms with E-state index in [4.69, 9.17) is 5.26 Å². The molecule has 70 valence electrons. The summed E-state index contributed by atoms with van der Waals surface area (Å²) in [4.78, 5) is 0. The number of H-pyrrole nitrogens is 1. The summed E-state index contributed by atoms with van der Waals surface area (Å²) in [6, 6.07) is 2.65. The fourth-order valence-electron chi connectivity index (χ4n) is 0.773. The molecular weight excluding hydrogens is 183 g/mol. The molecule has 0 amide bonds. The van der Waals surface area contributed by atoms with Gasteiger partial charge in [0.1, 0.15) is 0 Å². The van der Waals surface area contributed by atoms with Crippen molar-refractivity contribution < 1.29 is 13.2 Å². The van der Waals surface area contributed by atoms with Gasteiger partial charge in [0.15, 0.2) is 5.69 Å². The van der Waals surface area contributed by atoms with Crippen molar-refractivity contribution in [3.63, 3.8) is 0 Å². The van der Waals surface area contributed by atoms with Gasteiger partial charge in [-0.1, -0.05) is 0 Å². The Morgan fingerprint density at radius 2 is 2.23 bits per heavy atom. The molecule has 1 rings (SSSR count). The highest BCUT2D eigenvalue weighted by atomic mass is 19.4. The Kier molecular flexibility index (Phi) is 2.28. The van der Waals surface area contributed by atoms with E-state index in [0.717, 1.165) is 6.07 Å². The Bertz CT molecular complexity index is 333. The van der Waals surface area contributed by atoms with Gasteiger partial charge >= 0.3 is 6.18 Å². The molecule has 0 fully saturated rings. The summed E-state index contributed by atoms with van der Waals surface area (Å²) >= 11 is 0. The van der Waals surface area contributed by atoms with Crippen LogP contribution in [0.25, 0.3) is 0 Å². The molecular formula is C7H6F3N3. The molecule has 1 aromatic heterocycles. The van der Waals surface area contributed by atoms with E-state index in [1.54, 1.807) is 0 Å². The van der Waals surface area contributed by atoms with Crippen LogP contribution in [0.1, 0.15) is 24.2 Å². The first-order valence-electron chi connectivity index (χ1n) is 3.47. The number of alkyl halides is 3. The first-order valence-corrected chi connectivity index (χ1v) is 3.47. The van der Waals surface area contributed by atoms with E-state index in [2.05, 4.69) is 10.2 Å². The van der Waals surface area contributed by atoms with Crippen LogP contribution in [0.15, 0.2) is 6.07 Å². The fourth-order valence-corrected chi connectivity index (χ4v) is 0.773. The number of nitrogens with one attached hydrogen (secondary N) is 1. The molecule has 1 unspecified atom stereocenters. The number of aromatic nitrogens is 2. The highest BCUT2D eigenvalue weighted by molar-refractivity contribution is 5.19. The molecule has 0 aliphatic carbocycles. The smallest absolute Gasteiger partial charge is 0.281 e. The number of nitriles is 1. The zero-order chi connectivity index (χ0) is 10.1. The normalized spacial score (nSPS) is 13.8. The third kappa shape index (κ3) is 1.99. The zero-order valence-corrected chi connectivity index (χ0v) is 6.68. The lowest BCUT2D eigenvalue weighted by Crippen LogP contribution is -2.04. The van der Waals surface area contributed by atoms with Crippen molar-refractivity contribution >= 4 is 0 Å². The number of aromatic amines is 1. The van der Waals surface area contributed by atoms with Gasteiger partial charge in [-0.25, -0.2) is 0 Å². The van der Waals surface area contributed by atoms with Gasteiger partial charge in [0.25, 0.3) is 0 Å². The van der Waals surface area contributed by atoms with Crippen molar-refractivity contribution in [2.24, 2.45) is 0 Å². The van der Waals surface area contributed by atoms with Crippen LogP contribution in [0.3, 0.4) is 0 Å². The highest BCUT2D eigenvalue weighted by Gasteiger charge is 2.34. The van der Waals surface area contributed by atoms with Crippen molar-refractivity contribution in [3.05, 3.63) is 17.5 Å². The molecule has 0 radical (unpaired) electrons. The largest absolute Gasteiger partial charge is 0.435 e. The Balaban J connectivity index is 2.95. The van der Waals surface area contributed by atoms with Crippen molar-refractivity contribution in [1.29, 1.82) is 5.26 Å². The average molecular weight is 189 g/mol. The third-order valence-corrected chi connectivity index (χ3v) is 1.55. The van der Waals surface area contributed by atoms with E-state index in [-0.39, 0.29) is 5.69 Å². The minimum atomic E-state index is -4.45. The van der Waals surface area contributed by atoms with E-state index >= 15 is 0 Å². The number of halogens is 3. The van der Waals surface area contributed by atoms with Crippen LogP contribution in [-0.2, 0) is 6.18 Å². The van der Waals surface area contributed by atoms with Crippen LogP contribution in [0.2, 0.25) is 0 Å². The van der Waals surface area contributed by atoms with Crippen LogP contribution in [0.5, 0.6) is 0 Å². The number of nitrogens with zero attached hydrogens (tertiary/aromatic N) is 2. The van der Waals surface area contributed by atoms with Crippen molar-refractivity contribution in [3.8, 4) is 6.07 Å². The van der Waals surface area contributed by atoms with Gasteiger partial charge in [-0.15, -0.1) is 0 Å². The lowest BCUT2D eigenvalue weighted by molar-refractivity contribution is -0.141. The van der Waals surface area contributed by atoms with Crippen molar-refractivity contribution in [2.45, 2.75) is 19.0 Å². The van der Waals surface area contributed by atoms with E-state index in [0.29, 0.717) is 0 Å². The maximum atomic E-state index is 12.0. The maximum Gasteiger partial charge on any atom is 0.435 e. The van der Waals surface area contributed by atoms with Crippen LogP contribution in [-0.4, -0.2) is 10.2 Å². The minimum Gasteiger partial charge on any atom is -0.281 e. The average Bonchev–Trinajstić information content (AvgIpc) is 2.50. The predicted molar refractivity (Wildman–Crippen MR) is 37.6 cm³/mol. The molecule has 0 saturated carbocycles. The molecule has 0 aliphatic heterocycles. The van der Waals surface area contributed by atoms with Gasteiger partial charge < -0.3 is 0 Å². The van der Waals surface area contributed by atoms with E-state index in [9.17, 15) is 13.2 Å². The molecule has 1 atom stereocenters. The van der Waals surface area contributed by atoms with Crippen LogP contribution in [0.4, 0.5) is 13.2 Å². The first-order chi connectivity index (χ1) is 5.95. The standard InChI is InChI=1S/C7H6F3N3/c1-4(3-11)5-2-6(13-12-5)7(8,9)10/h2,4H,1H3,(H,12,13). The molecule has 13 heavy (non-hydrogen) atoms. The lowest BCUT2D eigenvalue weighted by atomic mass is 10.1. The first kappa shape index (κ1) is 9.58. The van der Waals surface area contributed by atoms with Gasteiger partial charge in [0.05, 0.1) is 17.7 Å². The molecule has 0 saturated heterocycles. The number of hydrogen-bond donors (Lipinski definition) is 1. The second-order valence-corrected chi connectivity index (χ2v) is 2.56. The molecule has 1 aromatic rings. The van der Waals surface area contributed by atoms with Gasteiger partial charge in [-0.2, -0.15) is 23.5 Å². The molecule has 1 heterocycles. The highest BCUT2D eigenvalue weighted by Crippen LogP contribution is 2.28. The van der Waals surface area contributed by atoms with Crippen LogP contribution >= 0.6 is 0 Å². The molecule has 0 spiro atoms. The van der Waals surface area contributed by atoms with Crippen LogP contribution in [0, 0.1) is 11.3 Å². The number of hydrogen-bond acceptors (Lipinski definition) is 2. The second-order valence-electron chi connectivity index (χ2n) is 2.56. The van der Waals surface area contributed by atoms with Gasteiger partial charge in [-0.3, -0.25) is 5.10 Å². The van der Waals surface area contributed by atoms with E-state index in [1.807, 2.05) is 6.07 Å². The zero-order valence-electron chi connectivity index (χ0n) is 6.68. The lowest BCUT2D eigenvalue weighted by Gasteiger charge is -1.98. The second kappa shape index (κ2) is 3.09. The molecule has 1 N–H and O–H groups in total. The summed E-state index contributed by atoms with van der Waals surface area (Å²) in [7, 11) is 0. The number of rotatable bonds is 1. The summed E-state index contributed by atoms with van der Waals surface area (Å²) < 4.78 is 36.0. The Labute approximate surface area is 72.2 Å². The Hall–Kier alpha value is -1.51. The predicted octanol–water partition coefficient (Wildman–Crippen LogP) is 2.06.